The molecule has 13 heteroatoms. The molecule has 0 atom stereocenters. The molecule has 1 nitrogen and oxygen atoms in total. The number of nitrogens with zero attached hydrogens (tertiary/aromatic N) is 1. The zero-order chi connectivity index (χ0) is 47.6. The molecule has 0 saturated heterocycles. The van der Waals surface area contributed by atoms with Gasteiger partial charge in [-0.3, -0.25) is 0 Å². The number of hydrogen-bond acceptors (Lipinski definition) is 0. The van der Waals surface area contributed by atoms with Crippen LogP contribution in [0.15, 0.2) is 127 Å². The minimum absolute atomic E-state index is 1.24. The number of benzene rings is 12. The summed E-state index contributed by atoms with van der Waals surface area (Å²) < 4.78 is 2.69. The first-order valence-electron chi connectivity index (χ1n) is 24.9. The van der Waals surface area contributed by atoms with E-state index in [0.717, 1.165) is 0 Å². The Bertz CT molecular complexity index is 4230. The van der Waals surface area contributed by atoms with Gasteiger partial charge >= 0.3 is 0 Å². The maximum atomic E-state index is 2.69. The molecule has 310 valence electrons. The van der Waals surface area contributed by atoms with E-state index >= 15 is 0 Å². The van der Waals surface area contributed by atoms with Gasteiger partial charge in [0.05, 0.1) is 0 Å². The molecule has 0 spiro atoms. The van der Waals surface area contributed by atoms with Gasteiger partial charge in [-0.15, -0.1) is 10.9 Å². The van der Waals surface area contributed by atoms with Crippen LogP contribution in [-0.4, -0.2) is 98.7 Å². The van der Waals surface area contributed by atoms with Crippen molar-refractivity contribution < 1.29 is 0 Å². The van der Waals surface area contributed by atoms with Gasteiger partial charge in [-0.05, 0) is 122 Å². The molecule has 1 heterocycles. The third-order valence-corrected chi connectivity index (χ3v) is 17.7. The average molecular weight is 862 g/mol. The summed E-state index contributed by atoms with van der Waals surface area (Å²) in [7, 11) is 28.2. The van der Waals surface area contributed by atoms with Crippen LogP contribution in [0, 0.1) is 0 Å². The van der Waals surface area contributed by atoms with Gasteiger partial charge in [-0.2, -0.15) is 0 Å². The monoisotopic (exact) mass is 863 g/mol. The van der Waals surface area contributed by atoms with Crippen LogP contribution in [-0.2, 0) is 0 Å². The van der Waals surface area contributed by atoms with E-state index in [4.69, 9.17) is 0 Å². The summed E-state index contributed by atoms with van der Waals surface area (Å²) in [6, 6.07) is 49.0. The SMILES string of the molecule is Bc1c(B)c(B)c(-n2c3c(B)c(B)c(B)c(B)c3c3c(B)c(-c4cc(-c5ccc6ccc7cccc8ccc5c6c78)cc(-c5ccc6ccc7cccc8ccc5c6c78)c4)c(B)c(B)c32)c(B)c1B. The molecule has 0 fully saturated rings. The smallest absolute Gasteiger partial charge is 0.141 e. The first-order valence-corrected chi connectivity index (χ1v) is 24.9. The number of rotatable bonds is 4. The molecule has 0 N–H and O–H groups in total. The van der Waals surface area contributed by atoms with Gasteiger partial charge in [0.2, 0.25) is 0 Å². The molecule has 13 rings (SSSR count). The minimum Gasteiger partial charge on any atom is -0.312 e. The van der Waals surface area contributed by atoms with E-state index in [1.807, 2.05) is 0 Å². The lowest BCUT2D eigenvalue weighted by Crippen LogP contribution is -2.56. The van der Waals surface area contributed by atoms with E-state index in [9.17, 15) is 0 Å². The Morgan fingerprint density at radius 2 is 0.609 bits per heavy atom. The Morgan fingerprint density at radius 3 is 1.09 bits per heavy atom. The van der Waals surface area contributed by atoms with Crippen molar-refractivity contribution in [3.8, 4) is 39.1 Å². The van der Waals surface area contributed by atoms with Gasteiger partial charge in [0.25, 0.3) is 0 Å². The zero-order valence-corrected chi connectivity index (χ0v) is 42.1. The van der Waals surface area contributed by atoms with Gasteiger partial charge in [0, 0.05) is 22.1 Å². The first kappa shape index (κ1) is 42.4. The molecular formula is C56H45B12N. The van der Waals surface area contributed by atoms with Crippen LogP contribution in [0.25, 0.3) is 126 Å². The highest BCUT2D eigenvalue weighted by molar-refractivity contribution is 6.71. The van der Waals surface area contributed by atoms with Crippen molar-refractivity contribution >= 4 is 246 Å². The molecule has 0 amide bonds. The lowest BCUT2D eigenvalue weighted by Gasteiger charge is -2.25. The second-order valence-corrected chi connectivity index (χ2v) is 20.7. The zero-order valence-electron chi connectivity index (χ0n) is 42.1. The van der Waals surface area contributed by atoms with Crippen molar-refractivity contribution in [3.63, 3.8) is 0 Å². The van der Waals surface area contributed by atoms with Crippen LogP contribution < -0.4 is 65.6 Å². The first-order chi connectivity index (χ1) is 33.2. The molecule has 0 aliphatic heterocycles. The van der Waals surface area contributed by atoms with Crippen LogP contribution in [0.5, 0.6) is 0 Å². The van der Waals surface area contributed by atoms with E-state index in [2.05, 4.69) is 226 Å². The fourth-order valence-electron chi connectivity index (χ4n) is 13.2. The quantitative estimate of drug-likeness (QED) is 0.123. The summed E-state index contributed by atoms with van der Waals surface area (Å²) in [5, 5.41) is 18.5. The third-order valence-electron chi connectivity index (χ3n) is 17.7. The summed E-state index contributed by atoms with van der Waals surface area (Å²) in [5.41, 5.74) is 28.0. The Morgan fingerprint density at radius 1 is 0.261 bits per heavy atom. The second kappa shape index (κ2) is 14.9. The molecule has 69 heavy (non-hydrogen) atoms. The van der Waals surface area contributed by atoms with Crippen LogP contribution >= 0.6 is 0 Å². The lowest BCUT2D eigenvalue weighted by molar-refractivity contribution is 1.22. The molecule has 0 bridgehead atoms. The van der Waals surface area contributed by atoms with Crippen molar-refractivity contribution in [2.24, 2.45) is 0 Å². The van der Waals surface area contributed by atoms with E-state index in [1.165, 1.54) is 191 Å². The molecule has 0 aliphatic carbocycles. The molecular weight excluding hydrogens is 816 g/mol. The third kappa shape index (κ3) is 5.65. The highest BCUT2D eigenvalue weighted by Crippen LogP contribution is 2.44. The topological polar surface area (TPSA) is 4.93 Å². The standard InChI is InChI=1S/C56H45B12N/c57-42-39(43(58)50(65)54-40(42)41-44(59)45(60)47(62)51(66)55(41)69(54)56-52(67)48(63)46(61)49(64)53(56)68)30-20-28(31-15-11-26-9-7-22-3-1-5-24-13-17-33(31)37(26)35(22)24)19-29(21-30)32-16-12-27-10-8-23-4-2-6-25-14-18-34(32)38(27)36(23)25/h1-21H,57-68H2. The molecule has 1 aromatic heterocycles. The van der Waals surface area contributed by atoms with Crippen LogP contribution in [0.3, 0.4) is 0 Å². The predicted octanol–water partition coefficient (Wildman–Crippen LogP) is -5.32. The fourth-order valence-corrected chi connectivity index (χ4v) is 13.2. The van der Waals surface area contributed by atoms with Crippen LogP contribution in [0.1, 0.15) is 0 Å². The average Bonchev–Trinajstić information content (AvgIpc) is 3.72. The summed E-state index contributed by atoms with van der Waals surface area (Å²) in [6.07, 6.45) is 0. The molecule has 13 aromatic rings. The molecule has 0 saturated carbocycles. The van der Waals surface area contributed by atoms with Crippen molar-refractivity contribution in [1.82, 2.24) is 4.57 Å². The van der Waals surface area contributed by atoms with Gasteiger partial charge < -0.3 is 4.57 Å². The molecule has 0 unspecified atom stereocenters. The highest BCUT2D eigenvalue weighted by atomic mass is 15.0. The lowest BCUT2D eigenvalue weighted by atomic mass is 9.61. The Kier molecular flexibility index (Phi) is 9.16. The number of fused-ring (bicyclic) bond motifs is 3. The van der Waals surface area contributed by atoms with Crippen molar-refractivity contribution in [2.75, 3.05) is 0 Å². The Labute approximate surface area is 414 Å². The van der Waals surface area contributed by atoms with Gasteiger partial charge in [0.1, 0.15) is 94.2 Å². The highest BCUT2D eigenvalue weighted by Gasteiger charge is 2.27. The summed E-state index contributed by atoms with van der Waals surface area (Å²) >= 11 is 0. The van der Waals surface area contributed by atoms with E-state index < -0.39 is 0 Å². The predicted molar refractivity (Wildman–Crippen MR) is 343 cm³/mol. The van der Waals surface area contributed by atoms with Crippen molar-refractivity contribution in [1.29, 1.82) is 0 Å². The molecule has 0 aliphatic rings. The Balaban J connectivity index is 1.17. The number of aromatic nitrogens is 1. The van der Waals surface area contributed by atoms with Gasteiger partial charge in [0.15, 0.2) is 0 Å². The van der Waals surface area contributed by atoms with Crippen molar-refractivity contribution in [2.45, 2.75) is 0 Å². The van der Waals surface area contributed by atoms with Gasteiger partial charge in [-0.1, -0.05) is 164 Å². The summed E-state index contributed by atoms with van der Waals surface area (Å²) in [5.74, 6) is 0. The maximum Gasteiger partial charge on any atom is 0.141 e. The van der Waals surface area contributed by atoms with E-state index in [1.54, 1.807) is 0 Å². The van der Waals surface area contributed by atoms with Gasteiger partial charge in [-0.25, -0.2) is 0 Å². The molecule has 12 aromatic carbocycles. The van der Waals surface area contributed by atoms with E-state index in [-0.39, 0.29) is 0 Å². The minimum atomic E-state index is 1.24. The molecule has 0 radical (unpaired) electrons. The normalized spacial score (nSPS) is 12.2. The summed E-state index contributed by atoms with van der Waals surface area (Å²) in [4.78, 5) is 0. The van der Waals surface area contributed by atoms with Crippen molar-refractivity contribution in [3.05, 3.63) is 127 Å². The largest absolute Gasteiger partial charge is 0.312 e. The fraction of sp³-hybridized carbons (Fsp3) is 0. The number of hydrogen-bond donors (Lipinski definition) is 0. The van der Waals surface area contributed by atoms with Crippen LogP contribution in [0.4, 0.5) is 0 Å². The van der Waals surface area contributed by atoms with Crippen LogP contribution in [0.2, 0.25) is 0 Å². The second-order valence-electron chi connectivity index (χ2n) is 20.7. The Hall–Kier alpha value is -6.70. The summed E-state index contributed by atoms with van der Waals surface area (Å²) in [6.45, 7) is 0. The van der Waals surface area contributed by atoms with E-state index in [0.29, 0.717) is 0 Å². The maximum absolute atomic E-state index is 2.69.